The number of aromatic amines is 1. The van der Waals surface area contributed by atoms with Crippen LogP contribution >= 0.6 is 11.6 Å². The first-order valence-corrected chi connectivity index (χ1v) is 12.6. The molecule has 10 heteroatoms. The Bertz CT molecular complexity index is 1300. The highest BCUT2D eigenvalue weighted by atomic mass is 35.5. The van der Waals surface area contributed by atoms with Gasteiger partial charge in [0.05, 0.1) is 59.8 Å². The summed E-state index contributed by atoms with van der Waals surface area (Å²) in [5, 5.41) is 6.89. The molecule has 0 bridgehead atoms. The lowest BCUT2D eigenvalue weighted by Crippen LogP contribution is -2.44. The van der Waals surface area contributed by atoms with Crippen molar-refractivity contribution in [2.45, 2.75) is 44.9 Å². The molecule has 2 aliphatic rings. The van der Waals surface area contributed by atoms with Gasteiger partial charge in [0.2, 0.25) is 0 Å². The lowest BCUT2D eigenvalue weighted by atomic mass is 10.0. The first-order chi connectivity index (χ1) is 17.8. The highest BCUT2D eigenvalue weighted by Crippen LogP contribution is 2.43. The van der Waals surface area contributed by atoms with Gasteiger partial charge in [-0.15, -0.1) is 0 Å². The summed E-state index contributed by atoms with van der Waals surface area (Å²) in [6, 6.07) is 7.28. The molecule has 3 aromatic rings. The molecule has 0 saturated carbocycles. The number of anilines is 2. The molecule has 2 aromatic heterocycles. The Labute approximate surface area is 220 Å². The number of fused-ring (bicyclic) bond motifs is 1. The largest absolute Gasteiger partial charge is 0.493 e. The fourth-order valence-corrected chi connectivity index (χ4v) is 4.84. The molecule has 2 atom stereocenters. The lowest BCUT2D eigenvalue weighted by Gasteiger charge is -2.34. The summed E-state index contributed by atoms with van der Waals surface area (Å²) >= 11 is 6.37. The average Bonchev–Trinajstić information content (AvgIpc) is 3.21. The second-order valence-corrected chi connectivity index (χ2v) is 10.3. The van der Waals surface area contributed by atoms with Crippen LogP contribution in [0.25, 0.3) is 11.3 Å². The smallest absolute Gasteiger partial charge is 0.255 e. The van der Waals surface area contributed by atoms with Crippen molar-refractivity contribution in [1.82, 2.24) is 15.3 Å². The maximum Gasteiger partial charge on any atom is 0.255 e. The van der Waals surface area contributed by atoms with Gasteiger partial charge in [0.1, 0.15) is 18.5 Å². The van der Waals surface area contributed by atoms with E-state index in [0.717, 1.165) is 11.3 Å². The Balaban J connectivity index is 1.52. The van der Waals surface area contributed by atoms with Crippen LogP contribution in [0.5, 0.6) is 11.5 Å². The minimum atomic E-state index is -0.307. The molecule has 1 aromatic carbocycles. The Morgan fingerprint density at radius 2 is 2.14 bits per heavy atom. The molecule has 0 spiro atoms. The number of nitrogens with one attached hydrogen (secondary N) is 3. The van der Waals surface area contributed by atoms with Crippen LogP contribution in [0, 0.1) is 0 Å². The van der Waals surface area contributed by atoms with E-state index in [9.17, 15) is 4.79 Å². The van der Waals surface area contributed by atoms with Crippen LogP contribution in [0.2, 0.25) is 5.02 Å². The van der Waals surface area contributed by atoms with Gasteiger partial charge in [-0.3, -0.25) is 9.78 Å². The van der Waals surface area contributed by atoms with E-state index in [4.69, 9.17) is 30.5 Å². The predicted molar refractivity (Wildman–Crippen MR) is 141 cm³/mol. The van der Waals surface area contributed by atoms with Crippen LogP contribution in [-0.2, 0) is 15.9 Å². The molecule has 0 aliphatic carbocycles. The molecule has 196 valence electrons. The summed E-state index contributed by atoms with van der Waals surface area (Å²) in [6.07, 6.45) is 3.82. The van der Waals surface area contributed by atoms with Crippen molar-refractivity contribution >= 4 is 28.9 Å². The zero-order chi connectivity index (χ0) is 26.2. The number of methoxy groups -OCH3 is 1. The van der Waals surface area contributed by atoms with Crippen molar-refractivity contribution in [1.29, 1.82) is 0 Å². The van der Waals surface area contributed by atoms with E-state index in [1.54, 1.807) is 25.6 Å². The first-order valence-electron chi connectivity index (χ1n) is 12.2. The van der Waals surface area contributed by atoms with E-state index in [-0.39, 0.29) is 23.7 Å². The summed E-state index contributed by atoms with van der Waals surface area (Å²) in [7, 11) is 1.56. The SMILES string of the molecule is COc1c(Cl)cccc1Nc1c(-c2ccncc2OCC2COC(C)(C)CO2)[nH]c2c1C(=O)NC(C)C2. The first kappa shape index (κ1) is 25.4. The molecule has 4 heterocycles. The molecule has 1 fully saturated rings. The summed E-state index contributed by atoms with van der Waals surface area (Å²) in [4.78, 5) is 20.9. The topological polar surface area (TPSA) is 107 Å². The molecule has 37 heavy (non-hydrogen) atoms. The number of H-pyrrole nitrogens is 1. The second kappa shape index (κ2) is 10.2. The van der Waals surface area contributed by atoms with Gasteiger partial charge in [-0.05, 0) is 39.0 Å². The van der Waals surface area contributed by atoms with E-state index < -0.39 is 0 Å². The number of aromatic nitrogens is 2. The number of rotatable bonds is 7. The van der Waals surface area contributed by atoms with Crippen LogP contribution in [0.15, 0.2) is 36.7 Å². The van der Waals surface area contributed by atoms with Crippen molar-refractivity contribution in [3.63, 3.8) is 0 Å². The number of hydrogen-bond acceptors (Lipinski definition) is 7. The summed E-state index contributed by atoms with van der Waals surface area (Å²) < 4.78 is 23.5. The van der Waals surface area contributed by atoms with E-state index >= 15 is 0 Å². The molecule has 2 unspecified atom stereocenters. The quantitative estimate of drug-likeness (QED) is 0.408. The third-order valence-electron chi connectivity index (χ3n) is 6.43. The summed E-state index contributed by atoms with van der Waals surface area (Å²) in [6.45, 7) is 7.21. The van der Waals surface area contributed by atoms with Gasteiger partial charge in [0, 0.05) is 29.9 Å². The van der Waals surface area contributed by atoms with E-state index in [1.165, 1.54) is 0 Å². The van der Waals surface area contributed by atoms with Crippen molar-refractivity contribution in [3.8, 4) is 22.8 Å². The van der Waals surface area contributed by atoms with Crippen molar-refractivity contribution < 1.29 is 23.7 Å². The van der Waals surface area contributed by atoms with Gasteiger partial charge in [-0.25, -0.2) is 0 Å². The number of nitrogens with zero attached hydrogens (tertiary/aromatic N) is 1. The minimum absolute atomic E-state index is 0.000849. The maximum absolute atomic E-state index is 13.1. The number of halogens is 1. The Hall–Kier alpha value is -3.27. The summed E-state index contributed by atoms with van der Waals surface area (Å²) in [5.74, 6) is 0.883. The third-order valence-corrected chi connectivity index (χ3v) is 6.73. The standard InChI is InChI=1S/C27H31ClN4O5/c1-15-10-20-22(26(33)30-15)24(31-19-7-5-6-18(28)25(19)34-4)23(32-20)17-8-9-29-11-21(17)35-12-16-13-37-27(2,3)14-36-16/h5-9,11,15-16,31-32H,10,12-14H2,1-4H3,(H,30,33). The molecule has 1 saturated heterocycles. The fourth-order valence-electron chi connectivity index (χ4n) is 4.59. The highest BCUT2D eigenvalue weighted by molar-refractivity contribution is 6.32. The second-order valence-electron chi connectivity index (χ2n) is 9.94. The maximum atomic E-state index is 13.1. The number of pyridine rings is 1. The van der Waals surface area contributed by atoms with Gasteiger partial charge in [-0.1, -0.05) is 17.7 Å². The van der Waals surface area contributed by atoms with Crippen LogP contribution in [-0.4, -0.2) is 60.6 Å². The molecule has 0 radical (unpaired) electrons. The zero-order valence-electron chi connectivity index (χ0n) is 21.3. The Morgan fingerprint density at radius 1 is 1.30 bits per heavy atom. The van der Waals surface area contributed by atoms with Crippen molar-refractivity contribution in [3.05, 3.63) is 52.9 Å². The fraction of sp³-hybridized carbons (Fsp3) is 0.407. The van der Waals surface area contributed by atoms with Gasteiger partial charge in [-0.2, -0.15) is 0 Å². The number of ether oxygens (including phenoxy) is 4. The van der Waals surface area contributed by atoms with Crippen LogP contribution in [0.3, 0.4) is 0 Å². The number of para-hydroxylation sites is 1. The molecule has 2 aliphatic heterocycles. The predicted octanol–water partition coefficient (Wildman–Crippen LogP) is 4.73. The van der Waals surface area contributed by atoms with Crippen LogP contribution < -0.4 is 20.1 Å². The highest BCUT2D eigenvalue weighted by Gasteiger charge is 2.32. The zero-order valence-corrected chi connectivity index (χ0v) is 22.1. The van der Waals surface area contributed by atoms with Crippen molar-refractivity contribution in [2.75, 3.05) is 32.2 Å². The molecule has 3 N–H and O–H groups in total. The van der Waals surface area contributed by atoms with E-state index in [1.807, 2.05) is 39.0 Å². The molecule has 1 amide bonds. The number of hydrogen-bond donors (Lipinski definition) is 3. The average molecular weight is 527 g/mol. The Kier molecular flexibility index (Phi) is 7.02. The third kappa shape index (κ3) is 5.25. The number of carbonyl (C=O) groups excluding carboxylic acids is 1. The normalized spacial score (nSPS) is 20.6. The van der Waals surface area contributed by atoms with Crippen LogP contribution in [0.1, 0.15) is 36.8 Å². The molecule has 9 nitrogen and oxygen atoms in total. The van der Waals surface area contributed by atoms with Crippen molar-refractivity contribution in [2.24, 2.45) is 0 Å². The number of carbonyl (C=O) groups is 1. The minimum Gasteiger partial charge on any atom is -0.493 e. The number of amides is 1. The molecular formula is C27H31ClN4O5. The lowest BCUT2D eigenvalue weighted by molar-refractivity contribution is -0.181. The van der Waals surface area contributed by atoms with Gasteiger partial charge in [0.15, 0.2) is 5.75 Å². The van der Waals surface area contributed by atoms with Crippen LogP contribution in [0.4, 0.5) is 11.4 Å². The van der Waals surface area contributed by atoms with E-state index in [2.05, 4.69) is 20.6 Å². The molecule has 5 rings (SSSR count). The van der Waals surface area contributed by atoms with Gasteiger partial charge >= 0.3 is 0 Å². The van der Waals surface area contributed by atoms with Gasteiger partial charge in [0.25, 0.3) is 5.91 Å². The number of benzene rings is 1. The van der Waals surface area contributed by atoms with E-state index in [0.29, 0.717) is 65.4 Å². The summed E-state index contributed by atoms with van der Waals surface area (Å²) in [5.41, 5.74) is 3.78. The Morgan fingerprint density at radius 3 is 2.89 bits per heavy atom. The monoisotopic (exact) mass is 526 g/mol. The van der Waals surface area contributed by atoms with Gasteiger partial charge < -0.3 is 34.6 Å². The molecular weight excluding hydrogens is 496 g/mol.